The molecule has 4 heterocycles. The number of thioether (sulfide) groups is 1. The van der Waals surface area contributed by atoms with Gasteiger partial charge in [0.15, 0.2) is 0 Å². The summed E-state index contributed by atoms with van der Waals surface area (Å²) in [4.78, 5) is 46.3. The van der Waals surface area contributed by atoms with E-state index in [1.54, 1.807) is 23.1 Å². The summed E-state index contributed by atoms with van der Waals surface area (Å²) in [5, 5.41) is 3.30. The Morgan fingerprint density at radius 2 is 1.75 bits per heavy atom. The second-order valence-electron chi connectivity index (χ2n) is 9.32. The maximum atomic E-state index is 13.6. The van der Waals surface area contributed by atoms with Crippen LogP contribution in [-0.4, -0.2) is 22.0 Å². The molecule has 7 atom stereocenters. The Labute approximate surface area is 196 Å². The number of fused-ring (bicyclic) bond motifs is 9. The first-order valence-electron chi connectivity index (χ1n) is 10.9. The first-order chi connectivity index (χ1) is 15.5. The van der Waals surface area contributed by atoms with Crippen molar-refractivity contribution in [2.75, 3.05) is 4.90 Å². The molecule has 5 nitrogen and oxygen atoms in total. The lowest BCUT2D eigenvalue weighted by molar-refractivity contribution is -0.123. The minimum atomic E-state index is -0.240. The van der Waals surface area contributed by atoms with Crippen molar-refractivity contribution >= 4 is 51.9 Å². The van der Waals surface area contributed by atoms with Gasteiger partial charge < -0.3 is 4.98 Å². The zero-order valence-electron chi connectivity index (χ0n) is 17.2. The number of benzene rings is 1. The van der Waals surface area contributed by atoms with Gasteiger partial charge in [-0.3, -0.25) is 19.3 Å². The van der Waals surface area contributed by atoms with Crippen molar-refractivity contribution < 1.29 is 9.59 Å². The van der Waals surface area contributed by atoms with Crippen molar-refractivity contribution in [3.63, 3.8) is 0 Å². The molecule has 0 unspecified atom stereocenters. The molecular weight excluding hydrogens is 460 g/mol. The van der Waals surface area contributed by atoms with Gasteiger partial charge in [0.05, 0.1) is 22.5 Å². The first kappa shape index (κ1) is 19.3. The second kappa shape index (κ2) is 6.68. The summed E-state index contributed by atoms with van der Waals surface area (Å²) in [6, 6.07) is 11.9. The predicted molar refractivity (Wildman–Crippen MR) is 126 cm³/mol. The number of aryl methyl sites for hydroxylation is 1. The number of aromatic amines is 1. The molecule has 3 aromatic rings. The number of hydrogen-bond acceptors (Lipinski definition) is 6. The third-order valence-corrected chi connectivity index (χ3v) is 11.4. The molecule has 2 aromatic heterocycles. The lowest BCUT2D eigenvalue weighted by Gasteiger charge is -2.42. The fraction of sp³-hybridized carbons (Fsp3) is 0.375. The van der Waals surface area contributed by atoms with E-state index in [1.165, 1.54) is 21.1 Å². The third-order valence-electron chi connectivity index (χ3n) is 7.87. The number of nitrogens with zero attached hydrogens (tertiary/aromatic N) is 1. The van der Waals surface area contributed by atoms with Crippen LogP contribution < -0.4 is 9.77 Å². The SMILES string of the molecule is Cc1ccc(N2C(=O)[C@H]3[C@@H]4C[C@@H]([C@@H]3C2=O)[C@H]2[C@@H](c3cccs3)c3sc(=O)[nH]c3S[C@H]42)cc1. The smallest absolute Gasteiger partial charge is 0.305 e. The van der Waals surface area contributed by atoms with Crippen LogP contribution in [0.4, 0.5) is 5.69 Å². The van der Waals surface area contributed by atoms with Gasteiger partial charge in [-0.05, 0) is 54.7 Å². The number of carbonyl (C=O) groups excluding carboxylic acids is 2. The number of imide groups is 1. The molecule has 0 spiro atoms. The van der Waals surface area contributed by atoms with Crippen LogP contribution in [0.5, 0.6) is 0 Å². The Balaban J connectivity index is 1.32. The standard InChI is InChI=1S/C24H20N2O3S3/c1-10-4-6-11(7-5-10)26-22(27)16-12-9-13(17(16)23(26)28)19-15(12)18(14-3-2-8-30-14)20-21(31-19)25-24(29)32-20/h2-8,12-13,15-19H,9H2,1H3,(H,25,29)/t12-,13+,15+,16+,17+,18-,19-/m1/s1. The average molecular weight is 481 g/mol. The molecule has 1 N–H and O–H groups in total. The highest BCUT2D eigenvalue weighted by molar-refractivity contribution is 8.00. The molecule has 2 aliphatic heterocycles. The van der Waals surface area contributed by atoms with Crippen molar-refractivity contribution in [3.8, 4) is 0 Å². The molecule has 2 aliphatic carbocycles. The molecule has 2 bridgehead atoms. The van der Waals surface area contributed by atoms with Crippen molar-refractivity contribution in [3.05, 3.63) is 66.8 Å². The van der Waals surface area contributed by atoms with Gasteiger partial charge in [-0.15, -0.1) is 23.1 Å². The van der Waals surface area contributed by atoms with Crippen molar-refractivity contribution in [1.82, 2.24) is 4.98 Å². The molecular formula is C24H20N2O3S3. The molecule has 7 rings (SSSR count). The fourth-order valence-corrected chi connectivity index (χ4v) is 10.6. The first-order valence-corrected chi connectivity index (χ1v) is 13.5. The fourth-order valence-electron chi connectivity index (χ4n) is 6.75. The average Bonchev–Trinajstić information content (AvgIpc) is 3.57. The molecule has 1 aromatic carbocycles. The highest BCUT2D eigenvalue weighted by Gasteiger charge is 2.69. The summed E-state index contributed by atoms with van der Waals surface area (Å²) in [5.41, 5.74) is 1.79. The van der Waals surface area contributed by atoms with E-state index in [-0.39, 0.29) is 57.4 Å². The Kier molecular flexibility index (Phi) is 4.03. The number of nitrogens with one attached hydrogen (secondary N) is 1. The topological polar surface area (TPSA) is 70.2 Å². The number of thiophene rings is 1. The van der Waals surface area contributed by atoms with E-state index in [1.807, 2.05) is 31.2 Å². The summed E-state index contributed by atoms with van der Waals surface area (Å²) in [6.45, 7) is 2.00. The van der Waals surface area contributed by atoms with Gasteiger partial charge in [0, 0.05) is 20.9 Å². The molecule has 162 valence electrons. The van der Waals surface area contributed by atoms with Gasteiger partial charge in [-0.2, -0.15) is 0 Å². The Hall–Kier alpha value is -2.16. The third kappa shape index (κ3) is 2.43. The van der Waals surface area contributed by atoms with Gasteiger partial charge >= 0.3 is 4.87 Å². The minimum absolute atomic E-state index is 0.0192. The van der Waals surface area contributed by atoms with E-state index in [2.05, 4.69) is 22.5 Å². The highest BCUT2D eigenvalue weighted by atomic mass is 32.2. The number of carbonyl (C=O) groups is 2. The number of anilines is 1. The van der Waals surface area contributed by atoms with E-state index < -0.39 is 0 Å². The van der Waals surface area contributed by atoms with E-state index in [0.29, 0.717) is 5.69 Å². The molecule has 2 amide bonds. The van der Waals surface area contributed by atoms with Crippen LogP contribution in [0.1, 0.15) is 27.7 Å². The van der Waals surface area contributed by atoms with E-state index >= 15 is 0 Å². The zero-order chi connectivity index (χ0) is 21.7. The summed E-state index contributed by atoms with van der Waals surface area (Å²) in [5.74, 6) is 0.211. The van der Waals surface area contributed by atoms with Crippen molar-refractivity contribution in [2.24, 2.45) is 29.6 Å². The molecule has 4 aliphatic rings. The van der Waals surface area contributed by atoms with Crippen LogP contribution in [0.25, 0.3) is 0 Å². The lowest BCUT2D eigenvalue weighted by atomic mass is 9.69. The number of amides is 2. The molecule has 3 fully saturated rings. The monoisotopic (exact) mass is 480 g/mol. The van der Waals surface area contributed by atoms with Crippen LogP contribution in [0.2, 0.25) is 0 Å². The second-order valence-corrected chi connectivity index (χ2v) is 12.5. The summed E-state index contributed by atoms with van der Waals surface area (Å²) in [6.07, 6.45) is 0.929. The van der Waals surface area contributed by atoms with Crippen LogP contribution in [0.15, 0.2) is 51.6 Å². The van der Waals surface area contributed by atoms with E-state index in [4.69, 9.17) is 0 Å². The molecule has 8 heteroatoms. The lowest BCUT2D eigenvalue weighted by Crippen LogP contribution is -2.42. The minimum Gasteiger partial charge on any atom is -0.307 e. The molecule has 32 heavy (non-hydrogen) atoms. The van der Waals surface area contributed by atoms with Crippen molar-refractivity contribution in [1.29, 1.82) is 0 Å². The quantitative estimate of drug-likeness (QED) is 0.549. The number of aromatic nitrogens is 1. The zero-order valence-corrected chi connectivity index (χ0v) is 19.6. The Bertz CT molecular complexity index is 1310. The number of rotatable bonds is 2. The Morgan fingerprint density at radius 1 is 1.00 bits per heavy atom. The molecule has 0 radical (unpaired) electrons. The molecule has 2 saturated carbocycles. The van der Waals surface area contributed by atoms with E-state index in [9.17, 15) is 14.4 Å². The van der Waals surface area contributed by atoms with Crippen LogP contribution in [0.3, 0.4) is 0 Å². The van der Waals surface area contributed by atoms with Crippen LogP contribution in [0, 0.1) is 36.5 Å². The van der Waals surface area contributed by atoms with Gasteiger partial charge in [-0.1, -0.05) is 35.1 Å². The maximum Gasteiger partial charge on any atom is 0.305 e. The van der Waals surface area contributed by atoms with Gasteiger partial charge in [0.2, 0.25) is 11.8 Å². The molecule has 1 saturated heterocycles. The highest BCUT2D eigenvalue weighted by Crippen LogP contribution is 2.68. The van der Waals surface area contributed by atoms with Gasteiger partial charge in [0.1, 0.15) is 0 Å². The van der Waals surface area contributed by atoms with Crippen LogP contribution in [-0.2, 0) is 9.59 Å². The van der Waals surface area contributed by atoms with Crippen LogP contribution >= 0.6 is 34.4 Å². The summed E-state index contributed by atoms with van der Waals surface area (Å²) >= 11 is 4.77. The van der Waals surface area contributed by atoms with E-state index in [0.717, 1.165) is 21.9 Å². The Morgan fingerprint density at radius 3 is 2.47 bits per heavy atom. The summed E-state index contributed by atoms with van der Waals surface area (Å²) < 4.78 is 0. The number of H-pyrrole nitrogens is 1. The summed E-state index contributed by atoms with van der Waals surface area (Å²) in [7, 11) is 0. The maximum absolute atomic E-state index is 13.6. The predicted octanol–water partition coefficient (Wildman–Crippen LogP) is 4.48. The largest absolute Gasteiger partial charge is 0.307 e. The van der Waals surface area contributed by atoms with Gasteiger partial charge in [0.25, 0.3) is 0 Å². The van der Waals surface area contributed by atoms with Gasteiger partial charge in [-0.25, -0.2) is 0 Å². The number of hydrogen-bond donors (Lipinski definition) is 1. The van der Waals surface area contributed by atoms with Crippen molar-refractivity contribution in [2.45, 2.75) is 29.5 Å². The normalized spacial score (nSPS) is 34.7. The number of thiazole rings is 1.